The van der Waals surface area contributed by atoms with Crippen LogP contribution in [0.1, 0.15) is 10.6 Å². The van der Waals surface area contributed by atoms with Crippen LogP contribution in [0.3, 0.4) is 0 Å². The van der Waals surface area contributed by atoms with Crippen LogP contribution in [0, 0.1) is 6.92 Å². The van der Waals surface area contributed by atoms with Crippen LogP contribution < -0.4 is 4.52 Å². The molecule has 0 fully saturated rings. The third-order valence-electron chi connectivity index (χ3n) is 2.65. The molecule has 5 nitrogen and oxygen atoms in total. The molecule has 3 heterocycles. The van der Waals surface area contributed by atoms with Crippen molar-refractivity contribution in [3.05, 3.63) is 28.2 Å². The van der Waals surface area contributed by atoms with Gasteiger partial charge in [-0.1, -0.05) is 0 Å². The summed E-state index contributed by atoms with van der Waals surface area (Å²) in [4.78, 5) is 17.1. The maximum absolute atomic E-state index is 12.7. The van der Waals surface area contributed by atoms with E-state index in [1.807, 2.05) is 16.4 Å². The van der Waals surface area contributed by atoms with Crippen molar-refractivity contribution in [3.63, 3.8) is 0 Å². The van der Waals surface area contributed by atoms with Crippen LogP contribution in [0.5, 0.6) is 5.88 Å². The summed E-state index contributed by atoms with van der Waals surface area (Å²) in [5.41, 5.74) is -0.501. The first-order valence-electron chi connectivity index (χ1n) is 6.08. The molecule has 0 bridgehead atoms. The first kappa shape index (κ1) is 16.2. The summed E-state index contributed by atoms with van der Waals surface area (Å²) < 4.78 is 43.0. The molecule has 0 amide bonds. The summed E-state index contributed by atoms with van der Waals surface area (Å²) in [6, 6.07) is 1.56. The van der Waals surface area contributed by atoms with E-state index >= 15 is 0 Å². The summed E-state index contributed by atoms with van der Waals surface area (Å²) in [5.74, 6) is 0.264. The third-order valence-corrected chi connectivity index (χ3v) is 4.66. The normalized spacial score (nSPS) is 11.7. The Hall–Kier alpha value is -1.64. The molecule has 3 aromatic heterocycles. The Kier molecular flexibility index (Phi) is 4.31. The molecule has 23 heavy (non-hydrogen) atoms. The Bertz CT molecular complexity index is 849. The second-order valence-electron chi connectivity index (χ2n) is 4.34. The van der Waals surface area contributed by atoms with Crippen LogP contribution in [-0.2, 0) is 6.18 Å². The summed E-state index contributed by atoms with van der Waals surface area (Å²) >= 11 is 2.23. The number of hydrogen-bond donors (Lipinski definition) is 0. The molecule has 0 aliphatic heterocycles. The molecule has 1 unspecified atom stereocenters. The number of alkyl halides is 3. The average molecular weight is 376 g/mol. The van der Waals surface area contributed by atoms with Crippen molar-refractivity contribution in [2.75, 3.05) is 0 Å². The maximum Gasteiger partial charge on any atom is 0.434 e. The molecule has 0 spiro atoms. The lowest BCUT2D eigenvalue weighted by molar-refractivity contribution is -0.140. The fourth-order valence-corrected chi connectivity index (χ4v) is 3.27. The topological polar surface area (TPSA) is 60.8 Å². The number of thiazole rings is 2. The molecule has 0 saturated carbocycles. The third kappa shape index (κ3) is 3.49. The first-order valence-corrected chi connectivity index (χ1v) is 8.25. The van der Waals surface area contributed by atoms with Crippen molar-refractivity contribution in [1.29, 1.82) is 0 Å². The summed E-state index contributed by atoms with van der Waals surface area (Å²) in [5, 5.41) is 1.62. The Morgan fingerprint density at radius 2 is 1.96 bits per heavy atom. The standard InChI is InChI=1S/C12H8F3N4OPS2/c1-5-3-16-10(23-5)6-2-8(20-21)19-9(17-6)11-18-7(4-22-11)12(13,14)15/h2-4H,21H2,1H3. The van der Waals surface area contributed by atoms with Crippen LogP contribution in [0.4, 0.5) is 13.2 Å². The van der Waals surface area contributed by atoms with Gasteiger partial charge in [0.2, 0.25) is 5.88 Å². The summed E-state index contributed by atoms with van der Waals surface area (Å²) in [6.07, 6.45) is -2.81. The summed E-state index contributed by atoms with van der Waals surface area (Å²) in [6.45, 7) is 1.90. The molecule has 3 aromatic rings. The Balaban J connectivity index is 2.07. The van der Waals surface area contributed by atoms with Crippen LogP contribution in [0.2, 0.25) is 0 Å². The second-order valence-corrected chi connectivity index (χ2v) is 6.67. The molecule has 0 radical (unpaired) electrons. The Morgan fingerprint density at radius 1 is 1.17 bits per heavy atom. The van der Waals surface area contributed by atoms with Crippen molar-refractivity contribution >= 4 is 32.1 Å². The number of rotatable bonds is 3. The highest BCUT2D eigenvalue weighted by Crippen LogP contribution is 2.34. The van der Waals surface area contributed by atoms with Gasteiger partial charge < -0.3 is 4.52 Å². The molecular formula is C12H8F3N4OPS2. The predicted molar refractivity (Wildman–Crippen MR) is 84.3 cm³/mol. The van der Waals surface area contributed by atoms with Gasteiger partial charge >= 0.3 is 6.18 Å². The second kappa shape index (κ2) is 6.10. The highest BCUT2D eigenvalue weighted by Gasteiger charge is 2.34. The molecule has 0 aliphatic carbocycles. The molecular weight excluding hydrogens is 368 g/mol. The molecule has 120 valence electrons. The van der Waals surface area contributed by atoms with Gasteiger partial charge in [0, 0.05) is 22.5 Å². The van der Waals surface area contributed by atoms with Crippen molar-refractivity contribution in [2.24, 2.45) is 0 Å². The van der Waals surface area contributed by atoms with Gasteiger partial charge in [0.15, 0.2) is 16.5 Å². The quantitative estimate of drug-likeness (QED) is 0.641. The van der Waals surface area contributed by atoms with E-state index in [1.165, 1.54) is 11.3 Å². The zero-order chi connectivity index (χ0) is 16.6. The van der Waals surface area contributed by atoms with Crippen molar-refractivity contribution in [2.45, 2.75) is 13.1 Å². The van der Waals surface area contributed by atoms with Gasteiger partial charge in [-0.25, -0.2) is 15.0 Å². The van der Waals surface area contributed by atoms with E-state index in [2.05, 4.69) is 19.9 Å². The largest absolute Gasteiger partial charge is 0.463 e. The molecule has 11 heteroatoms. The maximum atomic E-state index is 12.7. The monoisotopic (exact) mass is 376 g/mol. The molecule has 0 saturated heterocycles. The van der Waals surface area contributed by atoms with E-state index in [1.54, 1.807) is 12.3 Å². The first-order chi connectivity index (χ1) is 10.9. The van der Waals surface area contributed by atoms with Crippen LogP contribution in [-0.4, -0.2) is 19.9 Å². The fraction of sp³-hybridized carbons (Fsp3) is 0.167. The van der Waals surface area contributed by atoms with Gasteiger partial charge in [-0.3, -0.25) is 0 Å². The minimum Gasteiger partial charge on any atom is -0.463 e. The molecule has 3 rings (SSSR count). The number of aryl methyl sites for hydroxylation is 1. The molecule has 0 N–H and O–H groups in total. The zero-order valence-corrected chi connectivity index (χ0v) is 14.2. The number of aromatic nitrogens is 4. The van der Waals surface area contributed by atoms with Crippen LogP contribution in [0.15, 0.2) is 17.6 Å². The van der Waals surface area contributed by atoms with E-state index in [4.69, 9.17) is 4.52 Å². The SMILES string of the molecule is Cc1cnc(-c2cc(OP)nc(-c3nc(C(F)(F)F)cs3)n2)s1. The van der Waals surface area contributed by atoms with Gasteiger partial charge in [0.25, 0.3) is 0 Å². The van der Waals surface area contributed by atoms with E-state index in [-0.39, 0.29) is 16.7 Å². The predicted octanol–water partition coefficient (Wildman–Crippen LogP) is 4.22. The summed E-state index contributed by atoms with van der Waals surface area (Å²) in [7, 11) is 2.04. The van der Waals surface area contributed by atoms with E-state index in [9.17, 15) is 13.2 Å². The zero-order valence-electron chi connectivity index (χ0n) is 11.5. The lowest BCUT2D eigenvalue weighted by Gasteiger charge is -2.04. The number of halogens is 3. The van der Waals surface area contributed by atoms with Crippen LogP contribution in [0.25, 0.3) is 21.5 Å². The van der Waals surface area contributed by atoms with Gasteiger partial charge in [-0.2, -0.15) is 18.2 Å². The highest BCUT2D eigenvalue weighted by atomic mass is 32.1. The van der Waals surface area contributed by atoms with Crippen molar-refractivity contribution in [3.8, 4) is 27.4 Å². The van der Waals surface area contributed by atoms with E-state index < -0.39 is 11.9 Å². The van der Waals surface area contributed by atoms with Crippen molar-refractivity contribution < 1.29 is 17.7 Å². The van der Waals surface area contributed by atoms with Gasteiger partial charge in [-0.15, -0.1) is 22.7 Å². The van der Waals surface area contributed by atoms with Crippen molar-refractivity contribution in [1.82, 2.24) is 19.9 Å². The molecule has 1 atom stereocenters. The molecule has 0 aliphatic rings. The van der Waals surface area contributed by atoms with Gasteiger partial charge in [-0.05, 0) is 6.92 Å². The fourth-order valence-electron chi connectivity index (χ4n) is 1.67. The lowest BCUT2D eigenvalue weighted by Crippen LogP contribution is -2.05. The Morgan fingerprint density at radius 3 is 2.52 bits per heavy atom. The smallest absolute Gasteiger partial charge is 0.434 e. The average Bonchev–Trinajstić information content (AvgIpc) is 3.15. The highest BCUT2D eigenvalue weighted by molar-refractivity contribution is 7.15. The van der Waals surface area contributed by atoms with Gasteiger partial charge in [0.1, 0.15) is 10.7 Å². The van der Waals surface area contributed by atoms with E-state index in [0.29, 0.717) is 10.7 Å². The van der Waals surface area contributed by atoms with E-state index in [0.717, 1.165) is 21.6 Å². The number of nitrogens with zero attached hydrogens (tertiary/aromatic N) is 4. The van der Waals surface area contributed by atoms with Crippen LogP contribution >= 0.6 is 32.1 Å². The Labute approximate surface area is 138 Å². The minimum absolute atomic E-state index is 0.0632. The number of hydrogen-bond acceptors (Lipinski definition) is 7. The van der Waals surface area contributed by atoms with Gasteiger partial charge in [0.05, 0.1) is 9.47 Å². The lowest BCUT2D eigenvalue weighted by atomic mass is 10.4. The minimum atomic E-state index is -4.50. The molecule has 0 aromatic carbocycles.